The fraction of sp³-hybridized carbons (Fsp3) is 1.00. The Kier molecular flexibility index (Phi) is 3.34. The zero-order valence-electron chi connectivity index (χ0n) is 7.13. The lowest BCUT2D eigenvalue weighted by molar-refractivity contribution is 0.115. The number of aliphatic hydroxyl groups is 1. The van der Waals surface area contributed by atoms with Crippen LogP contribution in [0.2, 0.25) is 0 Å². The first kappa shape index (κ1) is 9.49. The third-order valence-corrected chi connectivity index (χ3v) is 2.92. The molecule has 0 bridgehead atoms. The summed E-state index contributed by atoms with van der Waals surface area (Å²) in [6.07, 6.45) is 0.952. The molecule has 2 nitrogen and oxygen atoms in total. The largest absolute Gasteiger partial charge is 0.392 e. The van der Waals surface area contributed by atoms with E-state index < -0.39 is 0 Å². The number of rotatable bonds is 2. The lowest BCUT2D eigenvalue weighted by Crippen LogP contribution is -2.29. The molecule has 1 fully saturated rings. The molecule has 0 aromatic carbocycles. The van der Waals surface area contributed by atoms with Gasteiger partial charge in [-0.15, -0.1) is 0 Å². The molecule has 1 saturated heterocycles. The molecular formula is C8H16BrNO. The van der Waals surface area contributed by atoms with Crippen molar-refractivity contribution >= 4 is 15.9 Å². The Labute approximate surface area is 76.7 Å². The van der Waals surface area contributed by atoms with E-state index in [-0.39, 0.29) is 10.9 Å². The standard InChI is InChI=1S/C8H16BrNO/c1-6(9)8(11)7-3-4-10(2)5-7/h6-8,11H,3-5H2,1-2H3. The average molecular weight is 222 g/mol. The van der Waals surface area contributed by atoms with Gasteiger partial charge in [-0.2, -0.15) is 0 Å². The zero-order valence-corrected chi connectivity index (χ0v) is 8.71. The van der Waals surface area contributed by atoms with Crippen LogP contribution >= 0.6 is 15.9 Å². The molecule has 11 heavy (non-hydrogen) atoms. The van der Waals surface area contributed by atoms with E-state index in [0.29, 0.717) is 5.92 Å². The summed E-state index contributed by atoms with van der Waals surface area (Å²) in [4.78, 5) is 2.49. The van der Waals surface area contributed by atoms with Crippen molar-refractivity contribution in [3.05, 3.63) is 0 Å². The number of aliphatic hydroxyl groups excluding tert-OH is 1. The van der Waals surface area contributed by atoms with E-state index in [9.17, 15) is 5.11 Å². The maximum Gasteiger partial charge on any atom is 0.0703 e. The van der Waals surface area contributed by atoms with Crippen molar-refractivity contribution in [1.29, 1.82) is 0 Å². The van der Waals surface area contributed by atoms with Gasteiger partial charge in [0.25, 0.3) is 0 Å². The van der Waals surface area contributed by atoms with Gasteiger partial charge in [0.2, 0.25) is 0 Å². The quantitative estimate of drug-likeness (QED) is 0.707. The topological polar surface area (TPSA) is 23.5 Å². The smallest absolute Gasteiger partial charge is 0.0703 e. The lowest BCUT2D eigenvalue weighted by atomic mass is 10.00. The highest BCUT2D eigenvalue weighted by molar-refractivity contribution is 9.09. The third-order valence-electron chi connectivity index (χ3n) is 2.38. The summed E-state index contributed by atoms with van der Waals surface area (Å²) < 4.78 is 0. The van der Waals surface area contributed by atoms with Gasteiger partial charge < -0.3 is 10.0 Å². The second kappa shape index (κ2) is 3.87. The molecule has 1 rings (SSSR count). The summed E-state index contributed by atoms with van der Waals surface area (Å²) in [6.45, 7) is 4.17. The third kappa shape index (κ3) is 2.42. The van der Waals surface area contributed by atoms with Gasteiger partial charge in [0.05, 0.1) is 6.10 Å². The molecule has 1 aliphatic rings. The SMILES string of the molecule is CC(Br)C(O)C1CCN(C)C1. The molecular weight excluding hydrogens is 206 g/mol. The highest BCUT2D eigenvalue weighted by atomic mass is 79.9. The van der Waals surface area contributed by atoms with Crippen LogP contribution in [-0.2, 0) is 0 Å². The van der Waals surface area contributed by atoms with Gasteiger partial charge in [0.1, 0.15) is 0 Å². The van der Waals surface area contributed by atoms with Crippen LogP contribution in [-0.4, -0.2) is 41.1 Å². The van der Waals surface area contributed by atoms with E-state index in [1.807, 2.05) is 6.92 Å². The summed E-state index contributed by atoms with van der Waals surface area (Å²) in [5.74, 6) is 0.467. The van der Waals surface area contributed by atoms with Crippen molar-refractivity contribution in [2.24, 2.45) is 5.92 Å². The van der Waals surface area contributed by atoms with Crippen LogP contribution in [0, 0.1) is 5.92 Å². The predicted molar refractivity (Wildman–Crippen MR) is 50.0 cm³/mol. The second-order valence-electron chi connectivity index (χ2n) is 3.48. The van der Waals surface area contributed by atoms with E-state index in [4.69, 9.17) is 0 Å². The van der Waals surface area contributed by atoms with Crippen LogP contribution in [0.15, 0.2) is 0 Å². The molecule has 0 aromatic heterocycles. The highest BCUT2D eigenvalue weighted by Crippen LogP contribution is 2.22. The Bertz CT molecular complexity index is 129. The number of halogens is 1. The minimum atomic E-state index is -0.181. The monoisotopic (exact) mass is 221 g/mol. The molecule has 3 atom stereocenters. The zero-order chi connectivity index (χ0) is 8.43. The summed E-state index contributed by atoms with van der Waals surface area (Å²) in [5, 5.41) is 9.67. The van der Waals surface area contributed by atoms with Gasteiger partial charge in [-0.25, -0.2) is 0 Å². The van der Waals surface area contributed by atoms with Gasteiger partial charge in [0, 0.05) is 11.4 Å². The molecule has 0 radical (unpaired) electrons. The van der Waals surface area contributed by atoms with Crippen LogP contribution in [0.5, 0.6) is 0 Å². The van der Waals surface area contributed by atoms with Crippen LogP contribution in [0.1, 0.15) is 13.3 Å². The van der Waals surface area contributed by atoms with Crippen molar-refractivity contribution in [1.82, 2.24) is 4.90 Å². The fourth-order valence-corrected chi connectivity index (χ4v) is 2.05. The number of likely N-dealkylation sites (tertiary alicyclic amines) is 1. The number of nitrogens with zero attached hydrogens (tertiary/aromatic N) is 1. The predicted octanol–water partition coefficient (Wildman–Crippen LogP) is 1.08. The van der Waals surface area contributed by atoms with E-state index in [1.165, 1.54) is 0 Å². The Morgan fingerprint density at radius 3 is 2.64 bits per heavy atom. The maximum atomic E-state index is 9.67. The molecule has 3 heteroatoms. The Balaban J connectivity index is 2.36. The van der Waals surface area contributed by atoms with Gasteiger partial charge >= 0.3 is 0 Å². The first-order valence-corrected chi connectivity index (χ1v) is 5.03. The van der Waals surface area contributed by atoms with Crippen molar-refractivity contribution in [3.8, 4) is 0 Å². The fourth-order valence-electron chi connectivity index (χ4n) is 1.62. The summed E-state index contributed by atoms with van der Waals surface area (Å²) in [6, 6.07) is 0. The number of alkyl halides is 1. The molecule has 1 N–H and O–H groups in total. The van der Waals surface area contributed by atoms with E-state index in [0.717, 1.165) is 19.5 Å². The van der Waals surface area contributed by atoms with Gasteiger partial charge in [-0.3, -0.25) is 0 Å². The molecule has 1 aliphatic heterocycles. The van der Waals surface area contributed by atoms with Crippen LogP contribution < -0.4 is 0 Å². The van der Waals surface area contributed by atoms with Gasteiger partial charge in [-0.1, -0.05) is 22.9 Å². The highest BCUT2D eigenvalue weighted by Gasteiger charge is 2.28. The molecule has 0 saturated carbocycles. The summed E-state index contributed by atoms with van der Waals surface area (Å²) in [5.41, 5.74) is 0. The molecule has 0 aliphatic carbocycles. The van der Waals surface area contributed by atoms with E-state index in [2.05, 4.69) is 27.9 Å². The van der Waals surface area contributed by atoms with Crippen LogP contribution in [0.25, 0.3) is 0 Å². The van der Waals surface area contributed by atoms with Gasteiger partial charge in [-0.05, 0) is 25.9 Å². The van der Waals surface area contributed by atoms with Crippen molar-refractivity contribution in [3.63, 3.8) is 0 Å². The van der Waals surface area contributed by atoms with E-state index in [1.54, 1.807) is 0 Å². The van der Waals surface area contributed by atoms with Crippen LogP contribution in [0.4, 0.5) is 0 Å². The van der Waals surface area contributed by atoms with Crippen molar-refractivity contribution in [2.45, 2.75) is 24.3 Å². The minimum absolute atomic E-state index is 0.181. The molecule has 0 amide bonds. The second-order valence-corrected chi connectivity index (χ2v) is 4.92. The Hall–Kier alpha value is 0.400. The minimum Gasteiger partial charge on any atom is -0.392 e. The maximum absolute atomic E-state index is 9.67. The molecule has 1 heterocycles. The van der Waals surface area contributed by atoms with E-state index >= 15 is 0 Å². The first-order chi connectivity index (χ1) is 5.11. The normalized spacial score (nSPS) is 32.2. The molecule has 66 valence electrons. The lowest BCUT2D eigenvalue weighted by Gasteiger charge is -2.19. The number of hydrogen-bond acceptors (Lipinski definition) is 2. The molecule has 0 aromatic rings. The number of hydrogen-bond donors (Lipinski definition) is 1. The average Bonchev–Trinajstić information content (AvgIpc) is 2.34. The summed E-state index contributed by atoms with van der Waals surface area (Å²) >= 11 is 3.40. The van der Waals surface area contributed by atoms with Crippen LogP contribution in [0.3, 0.4) is 0 Å². The van der Waals surface area contributed by atoms with Gasteiger partial charge in [0.15, 0.2) is 0 Å². The first-order valence-electron chi connectivity index (χ1n) is 4.12. The van der Waals surface area contributed by atoms with Crippen molar-refractivity contribution in [2.75, 3.05) is 20.1 Å². The van der Waals surface area contributed by atoms with Crippen molar-refractivity contribution < 1.29 is 5.11 Å². The Morgan fingerprint density at radius 2 is 2.27 bits per heavy atom. The Morgan fingerprint density at radius 1 is 1.64 bits per heavy atom. The molecule has 0 spiro atoms. The molecule has 3 unspecified atom stereocenters. The summed E-state index contributed by atoms with van der Waals surface area (Å²) in [7, 11) is 2.10.